The monoisotopic (exact) mass is 431 g/mol. The molecule has 0 aromatic heterocycles. The highest BCUT2D eigenvalue weighted by atomic mass is 16.5. The van der Waals surface area contributed by atoms with Gasteiger partial charge in [-0.05, 0) is 12.1 Å². The van der Waals surface area contributed by atoms with Gasteiger partial charge in [0.25, 0.3) is 17.4 Å². The van der Waals surface area contributed by atoms with E-state index < -0.39 is 41.6 Å². The number of rotatable bonds is 3. The molecule has 1 spiro atoms. The number of hydrogen-bond acceptors (Lipinski definition) is 10. The molecule has 0 unspecified atom stereocenters. The molecule has 31 heavy (non-hydrogen) atoms. The molecular weight excluding hydrogens is 408 g/mol. The van der Waals surface area contributed by atoms with Gasteiger partial charge in [0.05, 0.1) is 13.1 Å². The molecule has 0 saturated carbocycles. The SMILES string of the molecule is NC1=N[C@@H](CN2C(=O)CN(c3ccccc3)C2=O)[C@@H]2[NH+]=C(N)N[C@]23N1C[C@H](O)C3(O)O. The first-order valence-electron chi connectivity index (χ1n) is 9.74. The summed E-state index contributed by atoms with van der Waals surface area (Å²) >= 11 is 0. The summed E-state index contributed by atoms with van der Waals surface area (Å²) in [7, 11) is 0. The van der Waals surface area contributed by atoms with E-state index >= 15 is 0 Å². The van der Waals surface area contributed by atoms with Crippen molar-refractivity contribution in [1.29, 1.82) is 0 Å². The number of aliphatic hydroxyl groups is 3. The Morgan fingerprint density at radius 2 is 1.94 bits per heavy atom. The zero-order valence-electron chi connectivity index (χ0n) is 16.3. The quantitative estimate of drug-likeness (QED) is 0.180. The Labute approximate surface area is 176 Å². The molecule has 13 heteroatoms. The smallest absolute Gasteiger partial charge is 0.343 e. The van der Waals surface area contributed by atoms with E-state index in [0.717, 1.165) is 4.90 Å². The highest BCUT2D eigenvalue weighted by Gasteiger charge is 2.76. The number of carbonyl (C=O) groups excluding carboxylic acids is 2. The minimum atomic E-state index is -2.64. The number of carbonyl (C=O) groups is 2. The van der Waals surface area contributed by atoms with Crippen LogP contribution in [0.2, 0.25) is 0 Å². The number of aliphatic hydroxyl groups excluding tert-OH is 1. The van der Waals surface area contributed by atoms with E-state index in [2.05, 4.69) is 15.3 Å². The highest BCUT2D eigenvalue weighted by Crippen LogP contribution is 2.41. The van der Waals surface area contributed by atoms with Crippen molar-refractivity contribution >= 4 is 29.5 Å². The van der Waals surface area contributed by atoms with Gasteiger partial charge in [0.2, 0.25) is 0 Å². The predicted molar refractivity (Wildman–Crippen MR) is 106 cm³/mol. The molecule has 0 bridgehead atoms. The maximum atomic E-state index is 13.0. The number of aliphatic imine (C=N–C) groups is 1. The van der Waals surface area contributed by atoms with Crippen molar-refractivity contribution in [3.05, 3.63) is 30.3 Å². The van der Waals surface area contributed by atoms with E-state index in [1.54, 1.807) is 30.3 Å². The number of nitrogens with two attached hydrogens (primary N) is 2. The van der Waals surface area contributed by atoms with Crippen molar-refractivity contribution in [3.8, 4) is 0 Å². The molecule has 5 rings (SSSR count). The Hall–Kier alpha value is -3.42. The van der Waals surface area contributed by atoms with E-state index in [4.69, 9.17) is 11.5 Å². The maximum absolute atomic E-state index is 13.0. The zero-order chi connectivity index (χ0) is 22.1. The molecule has 9 N–H and O–H groups in total. The predicted octanol–water partition coefficient (Wildman–Crippen LogP) is -5.43. The number of anilines is 1. The highest BCUT2D eigenvalue weighted by molar-refractivity contribution is 6.12. The number of urea groups is 1. The lowest BCUT2D eigenvalue weighted by molar-refractivity contribution is -0.522. The summed E-state index contributed by atoms with van der Waals surface area (Å²) in [6, 6.07) is 6.50. The van der Waals surface area contributed by atoms with Crippen LogP contribution in [0.3, 0.4) is 0 Å². The summed E-state index contributed by atoms with van der Waals surface area (Å²) < 4.78 is 0. The fraction of sp³-hybridized carbons (Fsp3) is 0.444. The molecule has 0 radical (unpaired) electrons. The molecule has 1 aromatic rings. The second-order valence-corrected chi connectivity index (χ2v) is 8.04. The maximum Gasteiger partial charge on any atom is 0.343 e. The van der Waals surface area contributed by atoms with E-state index in [-0.39, 0.29) is 31.6 Å². The van der Waals surface area contributed by atoms with Gasteiger partial charge in [0.15, 0.2) is 12.0 Å². The lowest BCUT2D eigenvalue weighted by Crippen LogP contribution is -2.90. The van der Waals surface area contributed by atoms with Crippen LogP contribution in [0.25, 0.3) is 0 Å². The molecule has 1 aromatic carbocycles. The number of para-hydroxylation sites is 1. The Balaban J connectivity index is 1.48. The molecule has 0 aliphatic carbocycles. The molecule has 164 valence electrons. The van der Waals surface area contributed by atoms with Gasteiger partial charge in [-0.2, -0.15) is 0 Å². The van der Waals surface area contributed by atoms with Crippen LogP contribution in [0, 0.1) is 0 Å². The summed E-state index contributed by atoms with van der Waals surface area (Å²) in [5.41, 5.74) is 10.8. The fourth-order valence-corrected chi connectivity index (χ4v) is 4.87. The number of guanidine groups is 2. The van der Waals surface area contributed by atoms with Crippen molar-refractivity contribution in [2.24, 2.45) is 16.5 Å². The van der Waals surface area contributed by atoms with Gasteiger partial charge < -0.3 is 21.1 Å². The van der Waals surface area contributed by atoms with E-state index in [1.807, 2.05) is 0 Å². The summed E-state index contributed by atoms with van der Waals surface area (Å²) in [6.07, 6.45) is -1.56. The summed E-state index contributed by atoms with van der Waals surface area (Å²) in [6.45, 7) is -0.494. The normalized spacial score (nSPS) is 33.8. The minimum Gasteiger partial charge on any atom is -0.385 e. The topological polar surface area (TPSA) is 195 Å². The fourth-order valence-electron chi connectivity index (χ4n) is 4.87. The number of nitrogens with one attached hydrogen (secondary N) is 2. The molecule has 4 aliphatic heterocycles. The summed E-state index contributed by atoms with van der Waals surface area (Å²) in [5.74, 6) is -3.11. The summed E-state index contributed by atoms with van der Waals surface area (Å²) in [4.78, 5) is 36.6. The third kappa shape index (κ3) is 2.47. The van der Waals surface area contributed by atoms with E-state index in [9.17, 15) is 24.9 Å². The van der Waals surface area contributed by atoms with Gasteiger partial charge in [-0.1, -0.05) is 18.2 Å². The second kappa shape index (κ2) is 6.29. The van der Waals surface area contributed by atoms with Crippen LogP contribution >= 0.6 is 0 Å². The standard InChI is InChI=1S/C18H22N8O5/c19-14-22-13-10(21-15(20)26-7-11(27)18(30,31)17(13,26)23-14)6-25-12(28)8-24(16(25)29)9-4-2-1-3-5-9/h1-5,10-11,13,27,30-31H,6-8H2,(H2,20,21)(H3,19,22,23)/p+1/t10-,11-,13-,17-/m0/s1. The Morgan fingerprint density at radius 1 is 1.23 bits per heavy atom. The van der Waals surface area contributed by atoms with Crippen molar-refractivity contribution in [2.75, 3.05) is 24.5 Å². The van der Waals surface area contributed by atoms with Crippen molar-refractivity contribution in [1.82, 2.24) is 15.1 Å². The largest absolute Gasteiger partial charge is 0.385 e. The van der Waals surface area contributed by atoms with Crippen LogP contribution in [-0.4, -0.2) is 98.2 Å². The molecule has 2 saturated heterocycles. The Morgan fingerprint density at radius 3 is 2.65 bits per heavy atom. The molecule has 3 amide bonds. The van der Waals surface area contributed by atoms with Crippen molar-refractivity contribution < 1.29 is 29.9 Å². The van der Waals surface area contributed by atoms with Crippen LogP contribution in [-0.2, 0) is 4.79 Å². The number of amides is 3. The number of imide groups is 1. The number of nitrogens with zero attached hydrogens (tertiary/aromatic N) is 4. The first-order valence-corrected chi connectivity index (χ1v) is 9.74. The van der Waals surface area contributed by atoms with Gasteiger partial charge >= 0.3 is 12.0 Å². The van der Waals surface area contributed by atoms with E-state index in [0.29, 0.717) is 5.69 Å². The van der Waals surface area contributed by atoms with Crippen LogP contribution in [0.5, 0.6) is 0 Å². The molecule has 4 atom stereocenters. The van der Waals surface area contributed by atoms with Crippen molar-refractivity contribution in [2.45, 2.75) is 29.6 Å². The zero-order valence-corrected chi connectivity index (χ0v) is 16.3. The molecular formula is C18H23N8O5+. The minimum absolute atomic E-state index is 0.0245. The lowest BCUT2D eigenvalue weighted by Gasteiger charge is -2.46. The lowest BCUT2D eigenvalue weighted by atomic mass is 9.85. The average Bonchev–Trinajstić information content (AvgIpc) is 3.30. The second-order valence-electron chi connectivity index (χ2n) is 8.04. The van der Waals surface area contributed by atoms with Gasteiger partial charge in [0, 0.05) is 5.69 Å². The summed E-state index contributed by atoms with van der Waals surface area (Å²) in [5, 5.41) is 34.5. The van der Waals surface area contributed by atoms with Crippen molar-refractivity contribution in [3.63, 3.8) is 0 Å². The first-order chi connectivity index (χ1) is 14.7. The van der Waals surface area contributed by atoms with Gasteiger partial charge in [0.1, 0.15) is 18.7 Å². The van der Waals surface area contributed by atoms with E-state index in [1.165, 1.54) is 9.80 Å². The van der Waals surface area contributed by atoms with Crippen LogP contribution in [0.4, 0.5) is 10.5 Å². The third-order valence-electron chi connectivity index (χ3n) is 6.35. The number of hydrogen-bond donors (Lipinski definition) is 7. The van der Waals surface area contributed by atoms with Gasteiger partial charge in [-0.3, -0.25) is 30.2 Å². The van der Waals surface area contributed by atoms with Gasteiger partial charge in [-0.25, -0.2) is 15.1 Å². The van der Waals surface area contributed by atoms with Crippen LogP contribution in [0.15, 0.2) is 35.3 Å². The average molecular weight is 431 g/mol. The molecule has 4 heterocycles. The molecule has 2 fully saturated rings. The van der Waals surface area contributed by atoms with Crippen LogP contribution in [0.1, 0.15) is 0 Å². The van der Waals surface area contributed by atoms with Gasteiger partial charge in [-0.15, -0.1) is 0 Å². The Kier molecular flexibility index (Phi) is 3.96. The first kappa shape index (κ1) is 19.5. The van der Waals surface area contributed by atoms with Crippen LogP contribution < -0.4 is 26.7 Å². The third-order valence-corrected chi connectivity index (χ3v) is 6.35. The molecule has 4 aliphatic rings. The number of benzene rings is 1. The molecule has 13 nitrogen and oxygen atoms in total. The Bertz CT molecular complexity index is 1010.